The van der Waals surface area contributed by atoms with E-state index in [-0.39, 0.29) is 5.91 Å². The molecule has 24 heavy (non-hydrogen) atoms. The van der Waals surface area contributed by atoms with E-state index in [0.717, 1.165) is 17.1 Å². The maximum absolute atomic E-state index is 11.8. The molecular weight excluding hydrogens is 361 g/mol. The van der Waals surface area contributed by atoms with Crippen LogP contribution >= 0.6 is 35.0 Å². The molecule has 0 heterocycles. The largest absolute Gasteiger partial charge is 0.352 e. The third-order valence-electron chi connectivity index (χ3n) is 3.44. The van der Waals surface area contributed by atoms with Gasteiger partial charge in [0.25, 0.3) is 0 Å². The van der Waals surface area contributed by atoms with Crippen LogP contribution in [-0.2, 0) is 10.5 Å². The van der Waals surface area contributed by atoms with Gasteiger partial charge < -0.3 is 5.32 Å². The van der Waals surface area contributed by atoms with Crippen LogP contribution in [0.5, 0.6) is 0 Å². The molecule has 0 spiro atoms. The van der Waals surface area contributed by atoms with Crippen LogP contribution in [-0.4, -0.2) is 18.2 Å². The Bertz CT molecular complexity index is 731. The highest BCUT2D eigenvalue weighted by molar-refractivity contribution is 7.98. The summed E-state index contributed by atoms with van der Waals surface area (Å²) in [4.78, 5) is 11.8. The number of benzene rings is 2. The number of nitrogens with one attached hydrogen (secondary N) is 1. The average Bonchev–Trinajstić information content (AvgIpc) is 2.55. The van der Waals surface area contributed by atoms with E-state index in [1.165, 1.54) is 17.2 Å². The summed E-state index contributed by atoms with van der Waals surface area (Å²) in [6.45, 7) is 2.75. The van der Waals surface area contributed by atoms with Gasteiger partial charge in [-0.15, -0.1) is 0 Å². The van der Waals surface area contributed by atoms with Crippen molar-refractivity contribution >= 4 is 46.9 Å². The fraction of sp³-hybridized carbons (Fsp3) is 0.211. The summed E-state index contributed by atoms with van der Waals surface area (Å²) in [6.07, 6.45) is 3.18. The second-order valence-electron chi connectivity index (χ2n) is 5.27. The highest BCUT2D eigenvalue weighted by Crippen LogP contribution is 2.21. The van der Waals surface area contributed by atoms with Crippen molar-refractivity contribution in [2.45, 2.75) is 12.7 Å². The lowest BCUT2D eigenvalue weighted by atomic mass is 10.1. The van der Waals surface area contributed by atoms with Crippen molar-refractivity contribution in [2.24, 2.45) is 0 Å². The number of amides is 1. The average molecular weight is 380 g/mol. The number of carbonyl (C=O) groups is 1. The van der Waals surface area contributed by atoms with Gasteiger partial charge in [0.15, 0.2) is 0 Å². The molecule has 0 radical (unpaired) electrons. The summed E-state index contributed by atoms with van der Waals surface area (Å²) >= 11 is 13.7. The normalized spacial score (nSPS) is 11.0. The fourth-order valence-electron chi connectivity index (χ4n) is 2.06. The first kappa shape index (κ1) is 18.9. The Morgan fingerprint density at radius 3 is 2.75 bits per heavy atom. The van der Waals surface area contributed by atoms with Crippen molar-refractivity contribution in [1.82, 2.24) is 5.32 Å². The fourth-order valence-corrected chi connectivity index (χ4v) is 3.47. The summed E-state index contributed by atoms with van der Waals surface area (Å²) in [5.74, 6) is 1.70. The minimum absolute atomic E-state index is 0.127. The van der Waals surface area contributed by atoms with E-state index < -0.39 is 0 Å². The molecule has 2 rings (SSSR count). The molecule has 5 heteroatoms. The third-order valence-corrected chi connectivity index (χ3v) is 5.01. The Labute approximate surface area is 157 Å². The number of halogens is 2. The van der Waals surface area contributed by atoms with Crippen LogP contribution in [0.3, 0.4) is 0 Å². The van der Waals surface area contributed by atoms with Gasteiger partial charge in [-0.3, -0.25) is 4.79 Å². The first-order valence-corrected chi connectivity index (χ1v) is 9.50. The molecule has 0 aliphatic carbocycles. The molecule has 0 unspecified atom stereocenters. The summed E-state index contributed by atoms with van der Waals surface area (Å²) in [5.41, 5.74) is 3.41. The van der Waals surface area contributed by atoms with Gasteiger partial charge in [-0.1, -0.05) is 53.5 Å². The van der Waals surface area contributed by atoms with Crippen LogP contribution in [0, 0.1) is 6.92 Å². The molecule has 126 valence electrons. The second kappa shape index (κ2) is 9.77. The first-order chi connectivity index (χ1) is 11.6. The highest BCUT2D eigenvalue weighted by Gasteiger charge is 2.00. The lowest BCUT2D eigenvalue weighted by Gasteiger charge is -2.06. The van der Waals surface area contributed by atoms with Crippen LogP contribution in [0.2, 0.25) is 10.0 Å². The van der Waals surface area contributed by atoms with Gasteiger partial charge in [0.2, 0.25) is 5.91 Å². The van der Waals surface area contributed by atoms with Crippen LogP contribution in [0.1, 0.15) is 16.7 Å². The number of hydrogen-bond donors (Lipinski definition) is 1. The minimum atomic E-state index is -0.127. The summed E-state index contributed by atoms with van der Waals surface area (Å²) < 4.78 is 0. The Hall–Kier alpha value is -1.42. The van der Waals surface area contributed by atoms with Gasteiger partial charge >= 0.3 is 0 Å². The van der Waals surface area contributed by atoms with Crippen molar-refractivity contribution in [3.8, 4) is 0 Å². The number of carbonyl (C=O) groups excluding carboxylic acids is 1. The van der Waals surface area contributed by atoms with Crippen molar-refractivity contribution in [3.63, 3.8) is 0 Å². The van der Waals surface area contributed by atoms with Gasteiger partial charge in [-0.25, -0.2) is 0 Å². The lowest BCUT2D eigenvalue weighted by Crippen LogP contribution is -2.23. The number of aryl methyl sites for hydroxylation is 1. The lowest BCUT2D eigenvalue weighted by molar-refractivity contribution is -0.116. The quantitative estimate of drug-likeness (QED) is 0.517. The number of thioether (sulfide) groups is 1. The molecule has 0 aliphatic rings. The summed E-state index contributed by atoms with van der Waals surface area (Å²) in [7, 11) is 0. The zero-order chi connectivity index (χ0) is 17.4. The minimum Gasteiger partial charge on any atom is -0.352 e. The van der Waals surface area contributed by atoms with E-state index in [2.05, 4.69) is 30.4 Å². The molecule has 2 aromatic rings. The van der Waals surface area contributed by atoms with E-state index in [0.29, 0.717) is 16.6 Å². The Balaban J connectivity index is 1.70. The zero-order valence-corrected chi connectivity index (χ0v) is 15.7. The Kier molecular flexibility index (Phi) is 7.70. The summed E-state index contributed by atoms with van der Waals surface area (Å²) in [6, 6.07) is 13.5. The van der Waals surface area contributed by atoms with Crippen molar-refractivity contribution < 1.29 is 4.79 Å². The Morgan fingerprint density at radius 2 is 2.00 bits per heavy atom. The maximum Gasteiger partial charge on any atom is 0.244 e. The molecular formula is C19H19Cl2NOS. The molecule has 2 aromatic carbocycles. The van der Waals surface area contributed by atoms with Gasteiger partial charge in [-0.05, 0) is 41.8 Å². The monoisotopic (exact) mass is 379 g/mol. The predicted octanol–water partition coefficient (Wildman–Crippen LogP) is 5.36. The van der Waals surface area contributed by atoms with E-state index in [1.807, 2.05) is 6.07 Å². The van der Waals surface area contributed by atoms with Crippen LogP contribution in [0.15, 0.2) is 48.5 Å². The molecule has 0 aliphatic heterocycles. The maximum atomic E-state index is 11.8. The molecule has 0 saturated carbocycles. The SMILES string of the molecule is Cc1ccccc1CSCCNC(=O)C=Cc1ccc(Cl)cc1Cl. The van der Waals surface area contributed by atoms with Crippen molar-refractivity contribution in [3.05, 3.63) is 75.3 Å². The van der Waals surface area contributed by atoms with Crippen LogP contribution < -0.4 is 5.32 Å². The van der Waals surface area contributed by atoms with Gasteiger partial charge in [0.05, 0.1) is 0 Å². The third kappa shape index (κ3) is 6.23. The van der Waals surface area contributed by atoms with Crippen LogP contribution in [0.25, 0.3) is 6.08 Å². The Morgan fingerprint density at radius 1 is 1.21 bits per heavy atom. The van der Waals surface area contributed by atoms with Gasteiger partial charge in [-0.2, -0.15) is 11.8 Å². The smallest absolute Gasteiger partial charge is 0.244 e. The van der Waals surface area contributed by atoms with E-state index in [9.17, 15) is 4.79 Å². The van der Waals surface area contributed by atoms with Gasteiger partial charge in [0, 0.05) is 34.2 Å². The highest BCUT2D eigenvalue weighted by atomic mass is 35.5. The summed E-state index contributed by atoms with van der Waals surface area (Å²) in [5, 5.41) is 3.97. The van der Waals surface area contributed by atoms with E-state index >= 15 is 0 Å². The molecule has 0 aromatic heterocycles. The standard InChI is InChI=1S/C19H19Cl2NOS/c1-14-4-2-3-5-16(14)13-24-11-10-22-19(23)9-7-15-6-8-17(20)12-18(15)21/h2-9,12H,10-11,13H2,1H3,(H,22,23). The number of hydrogen-bond acceptors (Lipinski definition) is 2. The molecule has 2 nitrogen and oxygen atoms in total. The molecule has 0 bridgehead atoms. The molecule has 1 N–H and O–H groups in total. The number of rotatable bonds is 7. The predicted molar refractivity (Wildman–Crippen MR) is 106 cm³/mol. The molecule has 0 atom stereocenters. The zero-order valence-electron chi connectivity index (χ0n) is 13.4. The molecule has 0 fully saturated rings. The van der Waals surface area contributed by atoms with Crippen LogP contribution in [0.4, 0.5) is 0 Å². The molecule has 0 saturated heterocycles. The molecule has 1 amide bonds. The topological polar surface area (TPSA) is 29.1 Å². The second-order valence-corrected chi connectivity index (χ2v) is 7.22. The van der Waals surface area contributed by atoms with E-state index in [1.54, 1.807) is 36.0 Å². The van der Waals surface area contributed by atoms with Crippen molar-refractivity contribution in [2.75, 3.05) is 12.3 Å². The van der Waals surface area contributed by atoms with Crippen molar-refractivity contribution in [1.29, 1.82) is 0 Å². The first-order valence-electron chi connectivity index (χ1n) is 7.59. The van der Waals surface area contributed by atoms with Gasteiger partial charge in [0.1, 0.15) is 0 Å². The van der Waals surface area contributed by atoms with E-state index in [4.69, 9.17) is 23.2 Å².